The van der Waals surface area contributed by atoms with Crippen molar-refractivity contribution < 1.29 is 9.32 Å². The highest BCUT2D eigenvalue weighted by Crippen LogP contribution is 2.38. The van der Waals surface area contributed by atoms with Crippen molar-refractivity contribution in [2.75, 3.05) is 24.5 Å². The third-order valence-electron chi connectivity index (χ3n) is 4.82. The SMILES string of the molecule is C[C@H]1CN(C(=O)NCc2nc(C3CC3)no2)CCN1c1ccccc1. The van der Waals surface area contributed by atoms with Gasteiger partial charge in [-0.3, -0.25) is 0 Å². The Morgan fingerprint density at radius 1 is 1.28 bits per heavy atom. The number of carbonyl (C=O) groups is 1. The third kappa shape index (κ3) is 3.60. The first-order valence-electron chi connectivity index (χ1n) is 8.87. The second-order valence-corrected chi connectivity index (χ2v) is 6.80. The molecule has 25 heavy (non-hydrogen) atoms. The fourth-order valence-electron chi connectivity index (χ4n) is 3.26. The lowest BCUT2D eigenvalue weighted by Crippen LogP contribution is -2.55. The van der Waals surface area contributed by atoms with Crippen molar-refractivity contribution >= 4 is 11.7 Å². The number of carbonyl (C=O) groups excluding carboxylic acids is 1. The lowest BCUT2D eigenvalue weighted by atomic mass is 10.1. The molecule has 1 saturated carbocycles. The standard InChI is InChI=1S/C18H23N5O2/c1-13-12-22(9-10-23(13)15-5-3-2-4-6-15)18(24)19-11-16-20-17(21-25-16)14-7-8-14/h2-6,13-14H,7-12H2,1H3,(H,19,24)/t13-/m0/s1. The Bertz CT molecular complexity index is 728. The van der Waals surface area contributed by atoms with Crippen LogP contribution in [0.5, 0.6) is 0 Å². The van der Waals surface area contributed by atoms with Crippen LogP contribution in [-0.4, -0.2) is 46.7 Å². The molecule has 2 fully saturated rings. The summed E-state index contributed by atoms with van der Waals surface area (Å²) in [6, 6.07) is 10.5. The second kappa shape index (κ2) is 6.74. The maximum absolute atomic E-state index is 12.4. The van der Waals surface area contributed by atoms with Crippen LogP contribution in [0.3, 0.4) is 0 Å². The van der Waals surface area contributed by atoms with E-state index in [0.29, 0.717) is 24.9 Å². The molecule has 2 heterocycles. The topological polar surface area (TPSA) is 74.5 Å². The molecule has 0 bridgehead atoms. The molecule has 132 valence electrons. The molecule has 7 heteroatoms. The van der Waals surface area contributed by atoms with E-state index in [-0.39, 0.29) is 18.6 Å². The van der Waals surface area contributed by atoms with Crippen molar-refractivity contribution in [2.45, 2.75) is 38.3 Å². The molecule has 0 spiro atoms. The summed E-state index contributed by atoms with van der Waals surface area (Å²) in [4.78, 5) is 20.9. The number of nitrogens with zero attached hydrogens (tertiary/aromatic N) is 4. The van der Waals surface area contributed by atoms with Crippen LogP contribution in [0.4, 0.5) is 10.5 Å². The summed E-state index contributed by atoms with van der Waals surface area (Å²) in [6.45, 7) is 4.64. The maximum atomic E-state index is 12.4. The highest BCUT2D eigenvalue weighted by atomic mass is 16.5. The largest absolute Gasteiger partial charge is 0.365 e. The van der Waals surface area contributed by atoms with Crippen LogP contribution in [0, 0.1) is 0 Å². The first-order chi connectivity index (χ1) is 12.2. The van der Waals surface area contributed by atoms with E-state index in [4.69, 9.17) is 4.52 Å². The van der Waals surface area contributed by atoms with Gasteiger partial charge in [-0.25, -0.2) is 4.79 Å². The zero-order chi connectivity index (χ0) is 17.2. The highest BCUT2D eigenvalue weighted by Gasteiger charge is 2.29. The number of aromatic nitrogens is 2. The predicted octanol–water partition coefficient (Wildman–Crippen LogP) is 2.37. The molecule has 1 aliphatic heterocycles. The monoisotopic (exact) mass is 341 g/mol. The summed E-state index contributed by atoms with van der Waals surface area (Å²) >= 11 is 0. The Morgan fingerprint density at radius 2 is 2.08 bits per heavy atom. The number of urea groups is 1. The van der Waals surface area contributed by atoms with Crippen LogP contribution in [0.25, 0.3) is 0 Å². The van der Waals surface area contributed by atoms with Gasteiger partial charge in [0.15, 0.2) is 5.82 Å². The smallest absolute Gasteiger partial charge is 0.317 e. The predicted molar refractivity (Wildman–Crippen MR) is 93.3 cm³/mol. The van der Waals surface area contributed by atoms with Gasteiger partial charge in [0.05, 0.1) is 6.54 Å². The van der Waals surface area contributed by atoms with Crippen LogP contribution >= 0.6 is 0 Å². The summed E-state index contributed by atoms with van der Waals surface area (Å²) in [5, 5.41) is 6.86. The van der Waals surface area contributed by atoms with Gasteiger partial charge >= 0.3 is 6.03 Å². The van der Waals surface area contributed by atoms with Crippen LogP contribution in [-0.2, 0) is 6.54 Å². The molecule has 0 radical (unpaired) electrons. The Hall–Kier alpha value is -2.57. The second-order valence-electron chi connectivity index (χ2n) is 6.80. The number of hydrogen-bond acceptors (Lipinski definition) is 5. The molecule has 2 aromatic rings. The third-order valence-corrected chi connectivity index (χ3v) is 4.82. The number of benzene rings is 1. The normalized spacial score (nSPS) is 20.6. The number of para-hydroxylation sites is 1. The first kappa shape index (κ1) is 15.9. The van der Waals surface area contributed by atoms with E-state index in [1.54, 1.807) is 0 Å². The van der Waals surface area contributed by atoms with Gasteiger partial charge in [0, 0.05) is 37.3 Å². The molecular formula is C18H23N5O2. The van der Waals surface area contributed by atoms with Crippen molar-refractivity contribution in [3.63, 3.8) is 0 Å². The first-order valence-corrected chi connectivity index (χ1v) is 8.87. The van der Waals surface area contributed by atoms with Crippen LogP contribution in [0.2, 0.25) is 0 Å². The molecule has 1 aromatic carbocycles. The van der Waals surface area contributed by atoms with Crippen molar-refractivity contribution in [3.05, 3.63) is 42.0 Å². The summed E-state index contributed by atoms with van der Waals surface area (Å²) in [5.41, 5.74) is 1.20. The Labute approximate surface area is 147 Å². The van der Waals surface area contributed by atoms with E-state index in [0.717, 1.165) is 25.2 Å². The number of piperazine rings is 1. The fourth-order valence-corrected chi connectivity index (χ4v) is 3.26. The van der Waals surface area contributed by atoms with E-state index < -0.39 is 0 Å². The van der Waals surface area contributed by atoms with Gasteiger partial charge in [0.25, 0.3) is 0 Å². The van der Waals surface area contributed by atoms with Gasteiger partial charge < -0.3 is 19.6 Å². The average molecular weight is 341 g/mol. The van der Waals surface area contributed by atoms with Gasteiger partial charge in [0.2, 0.25) is 5.89 Å². The molecule has 1 N–H and O–H groups in total. The number of amides is 2. The quantitative estimate of drug-likeness (QED) is 0.924. The summed E-state index contributed by atoms with van der Waals surface area (Å²) in [6.07, 6.45) is 2.27. The van der Waals surface area contributed by atoms with E-state index in [1.807, 2.05) is 23.1 Å². The number of rotatable bonds is 4. The fraction of sp³-hybridized carbons (Fsp3) is 0.500. The molecule has 4 rings (SSSR count). The van der Waals surface area contributed by atoms with Crippen LogP contribution < -0.4 is 10.2 Å². The van der Waals surface area contributed by atoms with Gasteiger partial charge in [-0.15, -0.1) is 0 Å². The van der Waals surface area contributed by atoms with Gasteiger partial charge in [0.1, 0.15) is 0 Å². The van der Waals surface area contributed by atoms with Crippen molar-refractivity contribution in [1.82, 2.24) is 20.4 Å². The summed E-state index contributed by atoms with van der Waals surface area (Å²) < 4.78 is 5.20. The Balaban J connectivity index is 1.29. The maximum Gasteiger partial charge on any atom is 0.317 e. The average Bonchev–Trinajstić information content (AvgIpc) is 3.38. The minimum Gasteiger partial charge on any atom is -0.365 e. The van der Waals surface area contributed by atoms with Crippen LogP contribution in [0.15, 0.2) is 34.9 Å². The molecule has 1 saturated heterocycles. The van der Waals surface area contributed by atoms with E-state index in [1.165, 1.54) is 5.69 Å². The van der Waals surface area contributed by atoms with E-state index in [2.05, 4.69) is 39.4 Å². The summed E-state index contributed by atoms with van der Waals surface area (Å²) in [5.74, 6) is 1.71. The van der Waals surface area contributed by atoms with Gasteiger partial charge in [-0.05, 0) is 31.9 Å². The lowest BCUT2D eigenvalue weighted by Gasteiger charge is -2.41. The molecule has 1 atom stereocenters. The molecule has 1 aliphatic carbocycles. The molecule has 1 aromatic heterocycles. The summed E-state index contributed by atoms with van der Waals surface area (Å²) in [7, 11) is 0. The van der Waals surface area contributed by atoms with Crippen molar-refractivity contribution in [1.29, 1.82) is 0 Å². The van der Waals surface area contributed by atoms with Gasteiger partial charge in [-0.2, -0.15) is 4.98 Å². The zero-order valence-electron chi connectivity index (χ0n) is 14.4. The van der Waals surface area contributed by atoms with Crippen molar-refractivity contribution in [2.24, 2.45) is 0 Å². The molecule has 7 nitrogen and oxygen atoms in total. The highest BCUT2D eigenvalue weighted by molar-refractivity contribution is 5.74. The van der Waals surface area contributed by atoms with Gasteiger partial charge in [-0.1, -0.05) is 23.4 Å². The Morgan fingerprint density at radius 3 is 2.80 bits per heavy atom. The van der Waals surface area contributed by atoms with E-state index >= 15 is 0 Å². The number of anilines is 1. The van der Waals surface area contributed by atoms with Crippen LogP contribution in [0.1, 0.15) is 37.4 Å². The molecule has 2 amide bonds. The number of nitrogens with one attached hydrogen (secondary N) is 1. The number of hydrogen-bond donors (Lipinski definition) is 1. The minimum atomic E-state index is -0.0780. The Kier molecular flexibility index (Phi) is 4.29. The molecular weight excluding hydrogens is 318 g/mol. The molecule has 2 aliphatic rings. The van der Waals surface area contributed by atoms with E-state index in [9.17, 15) is 4.79 Å². The minimum absolute atomic E-state index is 0.0780. The zero-order valence-corrected chi connectivity index (χ0v) is 14.4. The molecule has 0 unspecified atom stereocenters. The lowest BCUT2D eigenvalue weighted by molar-refractivity contribution is 0.184. The van der Waals surface area contributed by atoms with Crippen molar-refractivity contribution in [3.8, 4) is 0 Å².